The first-order valence-electron chi connectivity index (χ1n) is 15.0. The maximum Gasteiger partial charge on any atom is 0.416 e. The van der Waals surface area contributed by atoms with Crippen LogP contribution in [0, 0.1) is 13.8 Å². The van der Waals surface area contributed by atoms with E-state index in [2.05, 4.69) is 15.5 Å². The number of anilines is 1. The predicted molar refractivity (Wildman–Crippen MR) is 155 cm³/mol. The number of nitrogens with zero attached hydrogens (tertiary/aromatic N) is 5. The van der Waals surface area contributed by atoms with Gasteiger partial charge in [-0.3, -0.25) is 4.79 Å². The van der Waals surface area contributed by atoms with Crippen LogP contribution in [0.3, 0.4) is 0 Å². The lowest BCUT2D eigenvalue weighted by Gasteiger charge is -2.38. The Morgan fingerprint density at radius 2 is 1.86 bits per heavy atom. The molecular weight excluding hydrogens is 577 g/mol. The smallest absolute Gasteiger partial charge is 0.379 e. The molecule has 2 aromatic heterocycles. The summed E-state index contributed by atoms with van der Waals surface area (Å²) in [4.78, 5) is 27.3. The van der Waals surface area contributed by atoms with E-state index < -0.39 is 11.7 Å². The third kappa shape index (κ3) is 6.31. The van der Waals surface area contributed by atoms with Crippen molar-refractivity contribution < 1.29 is 32.0 Å². The van der Waals surface area contributed by atoms with Gasteiger partial charge in [-0.2, -0.15) is 13.2 Å². The molecule has 0 aliphatic carbocycles. The number of alkyl halides is 3. The lowest BCUT2D eigenvalue weighted by atomic mass is 9.96. The van der Waals surface area contributed by atoms with Crippen molar-refractivity contribution in [3.63, 3.8) is 0 Å². The first-order valence-corrected chi connectivity index (χ1v) is 15.0. The molecule has 2 atom stereocenters. The Balaban J connectivity index is 1.23. The van der Waals surface area contributed by atoms with Gasteiger partial charge < -0.3 is 29.1 Å². The number of likely N-dealkylation sites (tertiary alicyclic amines) is 1. The molecule has 1 aromatic carbocycles. The maximum atomic E-state index is 14.0. The van der Waals surface area contributed by atoms with Crippen LogP contribution in [0.1, 0.15) is 57.8 Å². The van der Waals surface area contributed by atoms with Crippen molar-refractivity contribution in [1.29, 1.82) is 0 Å². The van der Waals surface area contributed by atoms with Crippen LogP contribution in [0.15, 0.2) is 28.8 Å². The Hall–Kier alpha value is -3.55. The highest BCUT2D eigenvalue weighted by atomic mass is 19.4. The van der Waals surface area contributed by atoms with Crippen LogP contribution >= 0.6 is 0 Å². The van der Waals surface area contributed by atoms with Gasteiger partial charge >= 0.3 is 6.18 Å². The first kappa shape index (κ1) is 30.5. The zero-order valence-electron chi connectivity index (χ0n) is 25.1. The third-order valence-electron chi connectivity index (χ3n) is 8.86. The summed E-state index contributed by atoms with van der Waals surface area (Å²) >= 11 is 0. The number of benzene rings is 1. The molecule has 13 heteroatoms. The van der Waals surface area contributed by atoms with E-state index in [0.717, 1.165) is 30.9 Å². The molecule has 6 rings (SSSR count). The van der Waals surface area contributed by atoms with Crippen LogP contribution in [0.2, 0.25) is 0 Å². The molecule has 1 amide bonds. The minimum absolute atomic E-state index is 0.0116. The van der Waals surface area contributed by atoms with E-state index in [-0.39, 0.29) is 29.9 Å². The summed E-state index contributed by atoms with van der Waals surface area (Å²) in [5.41, 5.74) is 2.14. The van der Waals surface area contributed by atoms with Crippen LogP contribution in [-0.4, -0.2) is 84.1 Å². The lowest BCUT2D eigenvalue weighted by Crippen LogP contribution is -2.54. The van der Waals surface area contributed by atoms with Crippen molar-refractivity contribution in [2.45, 2.75) is 70.4 Å². The van der Waals surface area contributed by atoms with Crippen molar-refractivity contribution in [3.8, 4) is 11.5 Å². The second-order valence-electron chi connectivity index (χ2n) is 11.8. The fourth-order valence-corrected chi connectivity index (χ4v) is 6.35. The number of rotatable bonds is 6. The Kier molecular flexibility index (Phi) is 8.62. The fourth-order valence-electron chi connectivity index (χ4n) is 6.35. The summed E-state index contributed by atoms with van der Waals surface area (Å²) in [6, 6.07) is 6.07. The van der Waals surface area contributed by atoms with E-state index in [9.17, 15) is 18.0 Å². The highest BCUT2D eigenvalue weighted by Gasteiger charge is 2.34. The summed E-state index contributed by atoms with van der Waals surface area (Å²) in [6.45, 7) is 6.83. The standard InChI is InChI=1S/C31H37F3N6O4/c1-18-14-25(38-44-18)28-36-27(30(41)39-11-7-23(8-12-39)35-24-9-13-43-17-26(24)42-3)19(2)29(37-28)40-10-6-20-15-22(31(32,33)34)5-4-21(20)16-40/h4-5,14-15,23-24,26,35H,6-13,16-17H2,1-3H3. The highest BCUT2D eigenvalue weighted by molar-refractivity contribution is 5.95. The fraction of sp³-hybridized carbons (Fsp3) is 0.548. The molecule has 44 heavy (non-hydrogen) atoms. The summed E-state index contributed by atoms with van der Waals surface area (Å²) in [7, 11) is 1.70. The van der Waals surface area contributed by atoms with Gasteiger partial charge in [-0.15, -0.1) is 0 Å². The topological polar surface area (TPSA) is 106 Å². The molecule has 3 aromatic rings. The molecule has 2 unspecified atom stereocenters. The summed E-state index contributed by atoms with van der Waals surface area (Å²) in [5, 5.41) is 7.80. The summed E-state index contributed by atoms with van der Waals surface area (Å²) in [5.74, 6) is 1.23. The lowest BCUT2D eigenvalue weighted by molar-refractivity contribution is -0.137. The van der Waals surface area contributed by atoms with Gasteiger partial charge in [0.2, 0.25) is 0 Å². The number of fused-ring (bicyclic) bond motifs is 1. The molecule has 2 saturated heterocycles. The average Bonchev–Trinajstić information content (AvgIpc) is 3.46. The van der Waals surface area contributed by atoms with Crippen molar-refractivity contribution in [2.24, 2.45) is 0 Å². The predicted octanol–water partition coefficient (Wildman–Crippen LogP) is 4.33. The summed E-state index contributed by atoms with van der Waals surface area (Å²) in [6.07, 6.45) is -1.48. The third-order valence-corrected chi connectivity index (χ3v) is 8.86. The molecule has 0 radical (unpaired) electrons. The molecule has 0 bridgehead atoms. The monoisotopic (exact) mass is 614 g/mol. The first-order chi connectivity index (χ1) is 21.1. The number of piperidine rings is 1. The zero-order valence-corrected chi connectivity index (χ0v) is 25.1. The zero-order chi connectivity index (χ0) is 31.0. The minimum Gasteiger partial charge on any atom is -0.379 e. The second-order valence-corrected chi connectivity index (χ2v) is 11.8. The van der Waals surface area contributed by atoms with Gasteiger partial charge in [-0.25, -0.2) is 9.97 Å². The largest absolute Gasteiger partial charge is 0.416 e. The molecule has 2 fully saturated rings. The van der Waals surface area contributed by atoms with Crippen molar-refractivity contribution in [2.75, 3.05) is 44.9 Å². The maximum absolute atomic E-state index is 14.0. The van der Waals surface area contributed by atoms with Crippen molar-refractivity contribution in [1.82, 2.24) is 25.3 Å². The van der Waals surface area contributed by atoms with Crippen molar-refractivity contribution >= 4 is 11.7 Å². The van der Waals surface area contributed by atoms with Gasteiger partial charge in [0.25, 0.3) is 5.91 Å². The Morgan fingerprint density at radius 3 is 2.57 bits per heavy atom. The van der Waals surface area contributed by atoms with E-state index in [1.54, 1.807) is 20.1 Å². The number of carbonyl (C=O) groups excluding carboxylic acids is 1. The molecule has 10 nitrogen and oxygen atoms in total. The molecule has 0 spiro atoms. The van der Waals surface area contributed by atoms with E-state index in [4.69, 9.17) is 19.0 Å². The van der Waals surface area contributed by atoms with Crippen LogP contribution < -0.4 is 10.2 Å². The minimum atomic E-state index is -4.39. The Morgan fingerprint density at radius 1 is 1.07 bits per heavy atom. The number of nitrogens with one attached hydrogen (secondary N) is 1. The van der Waals surface area contributed by atoms with Gasteiger partial charge in [0.05, 0.1) is 18.3 Å². The number of hydrogen-bond donors (Lipinski definition) is 1. The molecule has 3 aliphatic rings. The second kappa shape index (κ2) is 12.4. The van der Waals surface area contributed by atoms with E-state index >= 15 is 0 Å². The number of halogens is 3. The molecule has 0 saturated carbocycles. The van der Waals surface area contributed by atoms with Gasteiger partial charge in [0.1, 0.15) is 17.3 Å². The van der Waals surface area contributed by atoms with Gasteiger partial charge in [-0.05, 0) is 62.8 Å². The van der Waals surface area contributed by atoms with Gasteiger partial charge in [-0.1, -0.05) is 11.2 Å². The number of ether oxygens (including phenoxy) is 2. The number of carbonyl (C=O) groups is 1. The van der Waals surface area contributed by atoms with E-state index in [1.165, 1.54) is 12.1 Å². The van der Waals surface area contributed by atoms with E-state index in [1.807, 2.05) is 16.7 Å². The van der Waals surface area contributed by atoms with Gasteiger partial charge in [0.15, 0.2) is 11.5 Å². The molecule has 5 heterocycles. The van der Waals surface area contributed by atoms with Crippen LogP contribution in [0.25, 0.3) is 11.5 Å². The molecule has 1 N–H and O–H groups in total. The average molecular weight is 615 g/mol. The number of aromatic nitrogens is 3. The number of methoxy groups -OCH3 is 1. The van der Waals surface area contributed by atoms with Crippen LogP contribution in [-0.2, 0) is 28.6 Å². The molecule has 236 valence electrons. The molecular formula is C31H37F3N6O4. The van der Waals surface area contributed by atoms with Crippen LogP contribution in [0.4, 0.5) is 19.0 Å². The quantitative estimate of drug-likeness (QED) is 0.435. The highest BCUT2D eigenvalue weighted by Crippen LogP contribution is 2.34. The number of amides is 1. The Labute approximate surface area is 253 Å². The molecule has 3 aliphatic heterocycles. The number of hydrogen-bond acceptors (Lipinski definition) is 9. The van der Waals surface area contributed by atoms with Crippen molar-refractivity contribution in [3.05, 3.63) is 58.0 Å². The van der Waals surface area contributed by atoms with Gasteiger partial charge in [0, 0.05) is 63.6 Å². The number of aryl methyl sites for hydroxylation is 1. The van der Waals surface area contributed by atoms with Crippen LogP contribution in [0.5, 0.6) is 0 Å². The SMILES string of the molecule is COC1COCCC1NC1CCN(C(=O)c2nc(-c3cc(C)on3)nc(N3CCc4cc(C(F)(F)F)ccc4C3)c2C)CC1. The normalized spacial score (nSPS) is 21.4. The van der Waals surface area contributed by atoms with E-state index in [0.29, 0.717) is 79.9 Å². The summed E-state index contributed by atoms with van der Waals surface area (Å²) < 4.78 is 56.3. The Bertz CT molecular complexity index is 1500.